The topological polar surface area (TPSA) is 24.5 Å². The van der Waals surface area contributed by atoms with Crippen molar-refractivity contribution >= 4 is 0 Å². The van der Waals surface area contributed by atoms with Gasteiger partial charge in [-0.05, 0) is 52.1 Å². The SMILES string of the molecule is CNC1CCC(N(C)CC2CCOC2)CC1. The molecule has 2 fully saturated rings. The maximum absolute atomic E-state index is 5.44. The molecule has 2 aliphatic rings. The van der Waals surface area contributed by atoms with Crippen molar-refractivity contribution in [1.29, 1.82) is 0 Å². The van der Waals surface area contributed by atoms with Gasteiger partial charge in [-0.1, -0.05) is 0 Å². The Morgan fingerprint density at radius 2 is 1.94 bits per heavy atom. The zero-order chi connectivity index (χ0) is 11.4. The van der Waals surface area contributed by atoms with E-state index >= 15 is 0 Å². The molecule has 0 aromatic heterocycles. The van der Waals surface area contributed by atoms with E-state index in [-0.39, 0.29) is 0 Å². The summed E-state index contributed by atoms with van der Waals surface area (Å²) in [5, 5.41) is 3.40. The van der Waals surface area contributed by atoms with Gasteiger partial charge < -0.3 is 15.0 Å². The van der Waals surface area contributed by atoms with E-state index in [1.54, 1.807) is 0 Å². The van der Waals surface area contributed by atoms with Crippen LogP contribution in [-0.4, -0.2) is 50.8 Å². The third-order valence-corrected chi connectivity index (χ3v) is 4.30. The first-order valence-electron chi connectivity index (χ1n) is 6.75. The van der Waals surface area contributed by atoms with Crippen molar-refractivity contribution in [3.63, 3.8) is 0 Å². The van der Waals surface area contributed by atoms with Crippen LogP contribution in [0.2, 0.25) is 0 Å². The molecule has 0 aromatic carbocycles. The molecule has 1 saturated carbocycles. The van der Waals surface area contributed by atoms with Gasteiger partial charge in [-0.3, -0.25) is 0 Å². The summed E-state index contributed by atoms with van der Waals surface area (Å²) >= 11 is 0. The van der Waals surface area contributed by atoms with Crippen LogP contribution >= 0.6 is 0 Å². The molecule has 1 N–H and O–H groups in total. The Hall–Kier alpha value is -0.120. The molecule has 0 aromatic rings. The van der Waals surface area contributed by atoms with Crippen LogP contribution < -0.4 is 5.32 Å². The smallest absolute Gasteiger partial charge is 0.0507 e. The number of hydrogen-bond donors (Lipinski definition) is 1. The first-order valence-corrected chi connectivity index (χ1v) is 6.75. The Balaban J connectivity index is 1.70. The van der Waals surface area contributed by atoms with Gasteiger partial charge in [0.25, 0.3) is 0 Å². The van der Waals surface area contributed by atoms with Crippen LogP contribution in [0.25, 0.3) is 0 Å². The largest absolute Gasteiger partial charge is 0.381 e. The standard InChI is InChI=1S/C13H26N2O/c1-14-12-3-5-13(6-4-12)15(2)9-11-7-8-16-10-11/h11-14H,3-10H2,1-2H3. The van der Waals surface area contributed by atoms with Crippen LogP contribution in [0.4, 0.5) is 0 Å². The van der Waals surface area contributed by atoms with Crippen LogP contribution in [0.15, 0.2) is 0 Å². The number of hydrogen-bond acceptors (Lipinski definition) is 3. The van der Waals surface area contributed by atoms with Crippen molar-refractivity contribution in [2.24, 2.45) is 5.92 Å². The summed E-state index contributed by atoms with van der Waals surface area (Å²) in [5.41, 5.74) is 0. The third kappa shape index (κ3) is 3.19. The van der Waals surface area contributed by atoms with E-state index in [0.29, 0.717) is 0 Å². The monoisotopic (exact) mass is 226 g/mol. The summed E-state index contributed by atoms with van der Waals surface area (Å²) in [7, 11) is 4.38. The summed E-state index contributed by atoms with van der Waals surface area (Å²) in [4.78, 5) is 2.57. The molecule has 1 unspecified atom stereocenters. The minimum absolute atomic E-state index is 0.763. The summed E-state index contributed by atoms with van der Waals surface area (Å²) in [6.07, 6.45) is 6.65. The highest BCUT2D eigenvalue weighted by molar-refractivity contribution is 4.82. The van der Waals surface area contributed by atoms with Gasteiger partial charge in [-0.25, -0.2) is 0 Å². The van der Waals surface area contributed by atoms with Gasteiger partial charge in [0.1, 0.15) is 0 Å². The predicted octanol–water partition coefficient (Wildman–Crippen LogP) is 1.49. The second-order valence-corrected chi connectivity index (χ2v) is 5.46. The Kier molecular flexibility index (Phi) is 4.62. The van der Waals surface area contributed by atoms with Gasteiger partial charge in [0.15, 0.2) is 0 Å². The zero-order valence-corrected chi connectivity index (χ0v) is 10.7. The molecule has 16 heavy (non-hydrogen) atoms. The average Bonchev–Trinajstić information content (AvgIpc) is 2.82. The lowest BCUT2D eigenvalue weighted by Gasteiger charge is -2.35. The fourth-order valence-electron chi connectivity index (χ4n) is 3.09. The van der Waals surface area contributed by atoms with E-state index < -0.39 is 0 Å². The normalized spacial score (nSPS) is 35.8. The summed E-state index contributed by atoms with van der Waals surface area (Å²) in [6, 6.07) is 1.57. The molecular weight excluding hydrogens is 200 g/mol. The van der Waals surface area contributed by atoms with E-state index in [1.165, 1.54) is 38.6 Å². The Bertz CT molecular complexity index is 196. The molecular formula is C13H26N2O. The van der Waals surface area contributed by atoms with Gasteiger partial charge in [-0.2, -0.15) is 0 Å². The molecule has 3 nitrogen and oxygen atoms in total. The summed E-state index contributed by atoms with van der Waals surface area (Å²) in [5.74, 6) is 0.784. The van der Waals surface area contributed by atoms with Gasteiger partial charge in [-0.15, -0.1) is 0 Å². The third-order valence-electron chi connectivity index (χ3n) is 4.30. The highest BCUT2D eigenvalue weighted by Gasteiger charge is 2.25. The van der Waals surface area contributed by atoms with E-state index in [2.05, 4.69) is 24.3 Å². The van der Waals surface area contributed by atoms with E-state index in [0.717, 1.165) is 31.2 Å². The van der Waals surface area contributed by atoms with Crippen LogP contribution in [0.1, 0.15) is 32.1 Å². The second kappa shape index (κ2) is 5.99. The Labute approximate surface area is 99.5 Å². The predicted molar refractivity (Wildman–Crippen MR) is 66.7 cm³/mol. The maximum Gasteiger partial charge on any atom is 0.0507 e. The van der Waals surface area contributed by atoms with E-state index in [9.17, 15) is 0 Å². The quantitative estimate of drug-likeness (QED) is 0.786. The molecule has 0 spiro atoms. The number of nitrogens with one attached hydrogen (secondary N) is 1. The van der Waals surface area contributed by atoms with E-state index in [1.807, 2.05) is 0 Å². The molecule has 3 heteroatoms. The minimum atomic E-state index is 0.763. The highest BCUT2D eigenvalue weighted by atomic mass is 16.5. The molecule has 94 valence electrons. The number of nitrogens with zero attached hydrogens (tertiary/aromatic N) is 1. The van der Waals surface area contributed by atoms with Crippen molar-refractivity contribution in [3.8, 4) is 0 Å². The van der Waals surface area contributed by atoms with E-state index in [4.69, 9.17) is 4.74 Å². The van der Waals surface area contributed by atoms with Gasteiger partial charge >= 0.3 is 0 Å². The lowest BCUT2D eigenvalue weighted by molar-refractivity contribution is 0.137. The number of rotatable bonds is 4. The lowest BCUT2D eigenvalue weighted by Crippen LogP contribution is -2.41. The van der Waals surface area contributed by atoms with Gasteiger partial charge in [0, 0.05) is 25.2 Å². The molecule has 1 heterocycles. The first-order chi connectivity index (χ1) is 7.79. The molecule has 1 aliphatic heterocycles. The molecule has 1 aliphatic carbocycles. The molecule has 1 saturated heterocycles. The lowest BCUT2D eigenvalue weighted by atomic mass is 9.90. The van der Waals surface area contributed by atoms with Crippen molar-refractivity contribution in [2.45, 2.75) is 44.2 Å². The fraction of sp³-hybridized carbons (Fsp3) is 1.00. The van der Waals surface area contributed by atoms with Gasteiger partial charge in [0.2, 0.25) is 0 Å². The zero-order valence-electron chi connectivity index (χ0n) is 10.7. The molecule has 1 atom stereocenters. The first kappa shape index (κ1) is 12.3. The number of ether oxygens (including phenoxy) is 1. The fourth-order valence-corrected chi connectivity index (χ4v) is 3.09. The van der Waals surface area contributed by atoms with Crippen LogP contribution in [0.3, 0.4) is 0 Å². The molecule has 0 bridgehead atoms. The summed E-state index contributed by atoms with van der Waals surface area (Å²) in [6.45, 7) is 3.19. The Morgan fingerprint density at radius 1 is 1.19 bits per heavy atom. The van der Waals surface area contributed by atoms with Gasteiger partial charge in [0.05, 0.1) is 6.61 Å². The second-order valence-electron chi connectivity index (χ2n) is 5.46. The molecule has 0 amide bonds. The Morgan fingerprint density at radius 3 is 2.50 bits per heavy atom. The van der Waals surface area contributed by atoms with Crippen molar-refractivity contribution < 1.29 is 4.74 Å². The average molecular weight is 226 g/mol. The van der Waals surface area contributed by atoms with Crippen LogP contribution in [-0.2, 0) is 4.74 Å². The maximum atomic E-state index is 5.44. The van der Waals surface area contributed by atoms with Crippen molar-refractivity contribution in [1.82, 2.24) is 10.2 Å². The van der Waals surface area contributed by atoms with Crippen LogP contribution in [0.5, 0.6) is 0 Å². The summed E-state index contributed by atoms with van der Waals surface area (Å²) < 4.78 is 5.44. The molecule has 2 rings (SSSR count). The van der Waals surface area contributed by atoms with Crippen molar-refractivity contribution in [2.75, 3.05) is 33.9 Å². The van der Waals surface area contributed by atoms with Crippen LogP contribution in [0, 0.1) is 5.92 Å². The van der Waals surface area contributed by atoms with Crippen molar-refractivity contribution in [3.05, 3.63) is 0 Å². The molecule has 0 radical (unpaired) electrons. The highest BCUT2D eigenvalue weighted by Crippen LogP contribution is 2.24. The minimum Gasteiger partial charge on any atom is -0.381 e.